The highest BCUT2D eigenvalue weighted by molar-refractivity contribution is 7.92. The van der Waals surface area contributed by atoms with Crippen LogP contribution in [0, 0.1) is 12.7 Å². The monoisotopic (exact) mass is 337 g/mol. The Bertz CT molecular complexity index is 817. The van der Waals surface area contributed by atoms with Crippen molar-refractivity contribution in [3.8, 4) is 5.75 Å². The Labute approximate surface area is 136 Å². The number of benzene rings is 2. The van der Waals surface area contributed by atoms with E-state index >= 15 is 0 Å². The zero-order chi connectivity index (χ0) is 17.2. The minimum Gasteiger partial charge on any atom is -0.495 e. The molecule has 2 aromatic carbocycles. The Morgan fingerprint density at radius 2 is 1.83 bits per heavy atom. The van der Waals surface area contributed by atoms with E-state index in [0.29, 0.717) is 0 Å². The topological polar surface area (TPSA) is 55.4 Å². The van der Waals surface area contributed by atoms with Gasteiger partial charge in [0.25, 0.3) is 10.0 Å². The highest BCUT2D eigenvalue weighted by Crippen LogP contribution is 2.32. The summed E-state index contributed by atoms with van der Waals surface area (Å²) >= 11 is 0. The average molecular weight is 337 g/mol. The van der Waals surface area contributed by atoms with Crippen LogP contribution in [0.4, 0.5) is 10.1 Å². The lowest BCUT2D eigenvalue weighted by atomic mass is 9.98. The lowest BCUT2D eigenvalue weighted by molar-refractivity contribution is 0.402. The zero-order valence-electron chi connectivity index (χ0n) is 13.6. The quantitative estimate of drug-likeness (QED) is 0.895. The van der Waals surface area contributed by atoms with Crippen molar-refractivity contribution < 1.29 is 17.5 Å². The molecule has 1 N–H and O–H groups in total. The number of sulfonamides is 1. The van der Waals surface area contributed by atoms with Gasteiger partial charge in [0, 0.05) is 0 Å². The Kier molecular flexibility index (Phi) is 4.94. The fourth-order valence-corrected chi connectivity index (χ4v) is 3.67. The molecule has 0 saturated carbocycles. The Morgan fingerprint density at radius 1 is 1.17 bits per heavy atom. The van der Waals surface area contributed by atoms with E-state index in [1.165, 1.54) is 25.3 Å². The maximum atomic E-state index is 13.7. The van der Waals surface area contributed by atoms with Crippen molar-refractivity contribution in [2.45, 2.75) is 31.6 Å². The summed E-state index contributed by atoms with van der Waals surface area (Å²) < 4.78 is 46.5. The van der Waals surface area contributed by atoms with Crippen LogP contribution in [-0.2, 0) is 10.0 Å². The van der Waals surface area contributed by atoms with Crippen molar-refractivity contribution in [1.82, 2.24) is 0 Å². The number of hydrogen-bond donors (Lipinski definition) is 1. The van der Waals surface area contributed by atoms with Gasteiger partial charge in [-0.05, 0) is 48.2 Å². The number of anilines is 1. The second-order valence-electron chi connectivity index (χ2n) is 5.60. The molecule has 2 rings (SSSR count). The maximum absolute atomic E-state index is 13.7. The predicted octanol–water partition coefficient (Wildman–Crippen LogP) is 4.07. The SMILES string of the molecule is COc1cc(C)c(C(C)C)cc1S(=O)(=O)Nc1ccccc1F. The van der Waals surface area contributed by atoms with Gasteiger partial charge in [0.1, 0.15) is 16.5 Å². The van der Waals surface area contributed by atoms with Crippen LogP contribution >= 0.6 is 0 Å². The molecule has 0 radical (unpaired) electrons. The summed E-state index contributed by atoms with van der Waals surface area (Å²) in [4.78, 5) is -0.00227. The summed E-state index contributed by atoms with van der Waals surface area (Å²) in [6, 6.07) is 8.90. The standard InChI is InChI=1S/C17H20FNO3S/c1-11(2)13-10-17(16(22-4)9-12(13)3)23(20,21)19-15-8-6-5-7-14(15)18/h5-11,19H,1-4H3. The van der Waals surface area contributed by atoms with Crippen molar-refractivity contribution in [1.29, 1.82) is 0 Å². The molecule has 0 atom stereocenters. The Morgan fingerprint density at radius 3 is 2.39 bits per heavy atom. The largest absolute Gasteiger partial charge is 0.495 e. The van der Waals surface area contributed by atoms with E-state index in [2.05, 4.69) is 4.72 Å². The number of ether oxygens (including phenoxy) is 1. The fraction of sp³-hybridized carbons (Fsp3) is 0.294. The molecular formula is C17H20FNO3S. The average Bonchev–Trinajstić information content (AvgIpc) is 2.48. The van der Waals surface area contributed by atoms with Crippen LogP contribution in [0.2, 0.25) is 0 Å². The predicted molar refractivity (Wildman–Crippen MR) is 89.0 cm³/mol. The molecule has 0 fully saturated rings. The minimum absolute atomic E-state index is 0.00227. The van der Waals surface area contributed by atoms with Gasteiger partial charge >= 0.3 is 0 Å². The number of aryl methyl sites for hydroxylation is 1. The second-order valence-corrected chi connectivity index (χ2v) is 7.25. The number of methoxy groups -OCH3 is 1. The molecule has 0 spiro atoms. The molecule has 124 valence electrons. The van der Waals surface area contributed by atoms with Crippen LogP contribution in [0.5, 0.6) is 5.75 Å². The van der Waals surface area contributed by atoms with Gasteiger partial charge in [-0.15, -0.1) is 0 Å². The van der Waals surface area contributed by atoms with Crippen molar-refractivity contribution >= 4 is 15.7 Å². The lowest BCUT2D eigenvalue weighted by Gasteiger charge is -2.17. The molecule has 0 bridgehead atoms. The van der Waals surface area contributed by atoms with Crippen molar-refractivity contribution in [2.75, 3.05) is 11.8 Å². The van der Waals surface area contributed by atoms with Gasteiger partial charge in [-0.25, -0.2) is 12.8 Å². The van der Waals surface area contributed by atoms with Crippen LogP contribution in [0.15, 0.2) is 41.3 Å². The molecule has 0 unspecified atom stereocenters. The number of halogens is 1. The van der Waals surface area contributed by atoms with Gasteiger partial charge in [-0.3, -0.25) is 4.72 Å². The summed E-state index contributed by atoms with van der Waals surface area (Å²) in [6.07, 6.45) is 0. The first-order chi connectivity index (χ1) is 10.8. The van der Waals surface area contributed by atoms with Crippen LogP contribution in [0.1, 0.15) is 30.9 Å². The highest BCUT2D eigenvalue weighted by Gasteiger charge is 2.23. The molecule has 6 heteroatoms. The molecule has 2 aromatic rings. The number of para-hydroxylation sites is 1. The molecule has 4 nitrogen and oxygen atoms in total. The first-order valence-electron chi connectivity index (χ1n) is 7.22. The summed E-state index contributed by atoms with van der Waals surface area (Å²) in [5.74, 6) is -0.245. The van der Waals surface area contributed by atoms with Crippen LogP contribution < -0.4 is 9.46 Å². The first kappa shape index (κ1) is 17.3. The van der Waals surface area contributed by atoms with Gasteiger partial charge in [0.05, 0.1) is 12.8 Å². The van der Waals surface area contributed by atoms with Crippen molar-refractivity contribution in [3.05, 3.63) is 53.3 Å². The van der Waals surface area contributed by atoms with Crippen molar-refractivity contribution in [2.24, 2.45) is 0 Å². The summed E-state index contributed by atoms with van der Waals surface area (Å²) in [7, 11) is -2.56. The molecule has 0 amide bonds. The molecule has 0 aliphatic rings. The Hall–Kier alpha value is -2.08. The molecule has 0 aliphatic heterocycles. The van der Waals surface area contributed by atoms with Gasteiger partial charge in [0.2, 0.25) is 0 Å². The van der Waals surface area contributed by atoms with Crippen LogP contribution in [-0.4, -0.2) is 15.5 Å². The number of rotatable bonds is 5. The van der Waals surface area contributed by atoms with E-state index in [9.17, 15) is 12.8 Å². The van der Waals surface area contributed by atoms with E-state index in [4.69, 9.17) is 4.74 Å². The van der Waals surface area contributed by atoms with E-state index < -0.39 is 15.8 Å². The van der Waals surface area contributed by atoms with Crippen LogP contribution in [0.3, 0.4) is 0 Å². The lowest BCUT2D eigenvalue weighted by Crippen LogP contribution is -2.16. The summed E-state index contributed by atoms with van der Waals surface area (Å²) in [5.41, 5.74) is 1.75. The minimum atomic E-state index is -3.97. The van der Waals surface area contributed by atoms with E-state index in [0.717, 1.165) is 11.1 Å². The van der Waals surface area contributed by atoms with Gasteiger partial charge < -0.3 is 4.74 Å². The first-order valence-corrected chi connectivity index (χ1v) is 8.70. The van der Waals surface area contributed by atoms with Crippen LogP contribution in [0.25, 0.3) is 0 Å². The third-order valence-corrected chi connectivity index (χ3v) is 4.97. The molecule has 0 aromatic heterocycles. The number of hydrogen-bond acceptors (Lipinski definition) is 3. The molecule has 0 aliphatic carbocycles. The summed E-state index contributed by atoms with van der Waals surface area (Å²) in [5, 5.41) is 0. The van der Waals surface area contributed by atoms with E-state index in [-0.39, 0.29) is 22.3 Å². The molecular weight excluding hydrogens is 317 g/mol. The Balaban J connectivity index is 2.55. The second kappa shape index (κ2) is 6.58. The molecule has 23 heavy (non-hydrogen) atoms. The van der Waals surface area contributed by atoms with Gasteiger partial charge in [-0.2, -0.15) is 0 Å². The summed E-state index contributed by atoms with van der Waals surface area (Å²) in [6.45, 7) is 5.86. The van der Waals surface area contributed by atoms with Crippen molar-refractivity contribution in [3.63, 3.8) is 0 Å². The third-order valence-electron chi connectivity index (χ3n) is 3.58. The van der Waals surface area contributed by atoms with Gasteiger partial charge in [0.15, 0.2) is 0 Å². The smallest absolute Gasteiger partial charge is 0.265 e. The third kappa shape index (κ3) is 3.64. The van der Waals surface area contributed by atoms with E-state index in [1.54, 1.807) is 18.2 Å². The highest BCUT2D eigenvalue weighted by atomic mass is 32.2. The zero-order valence-corrected chi connectivity index (χ0v) is 14.4. The van der Waals surface area contributed by atoms with E-state index in [1.807, 2.05) is 20.8 Å². The molecule has 0 heterocycles. The van der Waals surface area contributed by atoms with Gasteiger partial charge in [-0.1, -0.05) is 26.0 Å². The fourth-order valence-electron chi connectivity index (χ4n) is 2.41. The maximum Gasteiger partial charge on any atom is 0.265 e. The normalized spacial score (nSPS) is 11.6. The molecule has 0 saturated heterocycles. The number of nitrogens with one attached hydrogen (secondary N) is 1.